The standard InChI is InChI=1S/C74H140O6/c1-4-7-10-13-16-19-22-25-27-29-30-31-32-33-34-35-36-37-38-39-40-41-42-43-44-45-46-48-49-52-55-58-61-64-67-73(76)79-70-71(69-78-72(75)66-63-60-57-54-51-24-21-18-15-12-9-6-3)80-74(77)68-65-62-59-56-53-50-47-28-26-23-20-17-14-11-8-5-2/h20,23,28,47,71H,4-19,21-22,24-27,29-46,48-70H2,1-3H3/b23-20-,47-28-. The average molecular weight is 1130 g/mol. The molecule has 0 saturated carbocycles. The van der Waals surface area contributed by atoms with Crippen LogP contribution in [0.25, 0.3) is 0 Å². The molecule has 0 radical (unpaired) electrons. The second-order valence-corrected chi connectivity index (χ2v) is 24.9. The fraction of sp³-hybridized carbons (Fsp3) is 0.905. The second kappa shape index (κ2) is 69.4. The molecule has 0 bridgehead atoms. The maximum Gasteiger partial charge on any atom is 0.306 e. The van der Waals surface area contributed by atoms with E-state index in [1.54, 1.807) is 0 Å². The predicted octanol–water partition coefficient (Wildman–Crippen LogP) is 25.0. The average Bonchev–Trinajstić information content (AvgIpc) is 3.46. The molecule has 0 fully saturated rings. The molecule has 0 aliphatic rings. The Hall–Kier alpha value is -2.11. The Labute approximate surface area is 500 Å². The number of esters is 3. The summed E-state index contributed by atoms with van der Waals surface area (Å²) in [5.74, 6) is -0.856. The van der Waals surface area contributed by atoms with Crippen LogP contribution >= 0.6 is 0 Å². The van der Waals surface area contributed by atoms with E-state index in [4.69, 9.17) is 14.2 Å². The molecule has 0 saturated heterocycles. The lowest BCUT2D eigenvalue weighted by Gasteiger charge is -2.18. The zero-order chi connectivity index (χ0) is 57.8. The van der Waals surface area contributed by atoms with Crippen LogP contribution in [0.4, 0.5) is 0 Å². The lowest BCUT2D eigenvalue weighted by molar-refractivity contribution is -0.167. The Morgan fingerprint density at radius 2 is 0.450 bits per heavy atom. The van der Waals surface area contributed by atoms with E-state index in [1.807, 2.05) is 0 Å². The molecule has 0 amide bonds. The van der Waals surface area contributed by atoms with Crippen molar-refractivity contribution in [3.8, 4) is 0 Å². The second-order valence-electron chi connectivity index (χ2n) is 24.9. The van der Waals surface area contributed by atoms with E-state index >= 15 is 0 Å². The molecule has 0 aromatic carbocycles. The predicted molar refractivity (Wildman–Crippen MR) is 349 cm³/mol. The van der Waals surface area contributed by atoms with Gasteiger partial charge in [0.1, 0.15) is 13.2 Å². The number of hydrogen-bond donors (Lipinski definition) is 0. The van der Waals surface area contributed by atoms with Gasteiger partial charge >= 0.3 is 17.9 Å². The molecule has 0 aromatic heterocycles. The summed E-state index contributed by atoms with van der Waals surface area (Å²) < 4.78 is 16.9. The number of carbonyl (C=O) groups is 3. The fourth-order valence-corrected chi connectivity index (χ4v) is 11.2. The van der Waals surface area contributed by atoms with Gasteiger partial charge in [-0.25, -0.2) is 0 Å². The van der Waals surface area contributed by atoms with Crippen LogP contribution in [-0.2, 0) is 28.6 Å². The quantitative estimate of drug-likeness (QED) is 0.0261. The summed E-state index contributed by atoms with van der Waals surface area (Å²) in [6.45, 7) is 6.68. The lowest BCUT2D eigenvalue weighted by Crippen LogP contribution is -2.30. The summed E-state index contributed by atoms with van der Waals surface area (Å²) in [5.41, 5.74) is 0. The van der Waals surface area contributed by atoms with Gasteiger partial charge in [-0.05, 0) is 51.4 Å². The molecule has 6 heteroatoms. The summed E-state index contributed by atoms with van der Waals surface area (Å²) in [5, 5.41) is 0. The van der Waals surface area contributed by atoms with Gasteiger partial charge in [-0.3, -0.25) is 14.4 Å². The summed E-state index contributed by atoms with van der Waals surface area (Å²) in [4.78, 5) is 38.3. The largest absolute Gasteiger partial charge is 0.462 e. The van der Waals surface area contributed by atoms with Gasteiger partial charge in [-0.2, -0.15) is 0 Å². The molecule has 0 aliphatic heterocycles. The molecule has 472 valence electrons. The molecule has 0 spiro atoms. The van der Waals surface area contributed by atoms with Crippen LogP contribution in [0.15, 0.2) is 24.3 Å². The first-order valence-electron chi connectivity index (χ1n) is 36.3. The molecule has 80 heavy (non-hydrogen) atoms. The van der Waals surface area contributed by atoms with Crippen molar-refractivity contribution in [3.63, 3.8) is 0 Å². The molecule has 6 nitrogen and oxygen atoms in total. The minimum atomic E-state index is -0.775. The van der Waals surface area contributed by atoms with Crippen LogP contribution in [0.3, 0.4) is 0 Å². The van der Waals surface area contributed by atoms with E-state index in [1.165, 1.54) is 295 Å². The third-order valence-electron chi connectivity index (χ3n) is 16.7. The first-order valence-corrected chi connectivity index (χ1v) is 36.3. The molecule has 0 heterocycles. The molecule has 1 unspecified atom stereocenters. The normalized spacial score (nSPS) is 12.1. The SMILES string of the molecule is CCCCCC/C=C\C/C=C\CCCCCCCC(=O)OC(COC(=O)CCCCCCCCCCCCCC)COC(=O)CCCCCCCCCCCCCCCCCCCCCCCCCCCCCCCCCCCC. The Morgan fingerprint density at radius 1 is 0.250 bits per heavy atom. The van der Waals surface area contributed by atoms with Crippen LogP contribution < -0.4 is 0 Å². The molecule has 0 rings (SSSR count). The van der Waals surface area contributed by atoms with Gasteiger partial charge in [-0.1, -0.05) is 366 Å². The Bertz CT molecular complexity index is 1290. The summed E-state index contributed by atoms with van der Waals surface area (Å²) >= 11 is 0. The maximum atomic E-state index is 12.9. The number of unbranched alkanes of at least 4 members (excludes halogenated alkanes) is 53. The van der Waals surface area contributed by atoms with E-state index in [0.29, 0.717) is 19.3 Å². The van der Waals surface area contributed by atoms with E-state index in [9.17, 15) is 14.4 Å². The Morgan fingerprint density at radius 3 is 0.700 bits per heavy atom. The van der Waals surface area contributed by atoms with Crippen molar-refractivity contribution in [1.82, 2.24) is 0 Å². The summed E-state index contributed by atoms with van der Waals surface area (Å²) in [6.07, 6.45) is 85.2. The van der Waals surface area contributed by atoms with E-state index in [-0.39, 0.29) is 31.1 Å². The Kier molecular flexibility index (Phi) is 67.6. The highest BCUT2D eigenvalue weighted by Crippen LogP contribution is 2.19. The van der Waals surface area contributed by atoms with Gasteiger partial charge in [0, 0.05) is 19.3 Å². The van der Waals surface area contributed by atoms with Crippen LogP contribution in [0.2, 0.25) is 0 Å². The zero-order valence-electron chi connectivity index (χ0n) is 54.4. The minimum absolute atomic E-state index is 0.0710. The first-order chi connectivity index (χ1) is 39.5. The third kappa shape index (κ3) is 66.7. The van der Waals surface area contributed by atoms with Gasteiger partial charge in [0.2, 0.25) is 0 Å². The van der Waals surface area contributed by atoms with Gasteiger partial charge in [0.05, 0.1) is 0 Å². The number of hydrogen-bond acceptors (Lipinski definition) is 6. The van der Waals surface area contributed by atoms with Gasteiger partial charge in [-0.15, -0.1) is 0 Å². The number of carbonyl (C=O) groups excluding carboxylic acids is 3. The highest BCUT2D eigenvalue weighted by atomic mass is 16.6. The molecule has 0 aromatic rings. The summed E-state index contributed by atoms with van der Waals surface area (Å²) in [6, 6.07) is 0. The fourth-order valence-electron chi connectivity index (χ4n) is 11.2. The summed E-state index contributed by atoms with van der Waals surface area (Å²) in [7, 11) is 0. The van der Waals surface area contributed by atoms with Gasteiger partial charge in [0.15, 0.2) is 6.10 Å². The molecule has 0 N–H and O–H groups in total. The van der Waals surface area contributed by atoms with Crippen LogP contribution in [-0.4, -0.2) is 37.2 Å². The van der Waals surface area contributed by atoms with E-state index < -0.39 is 6.10 Å². The Balaban J connectivity index is 4.04. The van der Waals surface area contributed by atoms with Crippen molar-refractivity contribution in [2.45, 2.75) is 419 Å². The first kappa shape index (κ1) is 77.9. The van der Waals surface area contributed by atoms with Crippen molar-refractivity contribution in [2.24, 2.45) is 0 Å². The third-order valence-corrected chi connectivity index (χ3v) is 16.7. The number of allylic oxidation sites excluding steroid dienone is 4. The van der Waals surface area contributed by atoms with Crippen LogP contribution in [0, 0.1) is 0 Å². The topological polar surface area (TPSA) is 78.9 Å². The van der Waals surface area contributed by atoms with Crippen LogP contribution in [0.5, 0.6) is 0 Å². The number of rotatable bonds is 68. The van der Waals surface area contributed by atoms with Crippen LogP contribution in [0.1, 0.15) is 412 Å². The van der Waals surface area contributed by atoms with Crippen molar-refractivity contribution >= 4 is 17.9 Å². The van der Waals surface area contributed by atoms with Crippen molar-refractivity contribution < 1.29 is 28.6 Å². The van der Waals surface area contributed by atoms with Crippen molar-refractivity contribution in [1.29, 1.82) is 0 Å². The van der Waals surface area contributed by atoms with E-state index in [2.05, 4.69) is 45.1 Å². The molecular formula is C74H140O6. The molecule has 1 atom stereocenters. The van der Waals surface area contributed by atoms with Crippen molar-refractivity contribution in [3.05, 3.63) is 24.3 Å². The number of ether oxygens (including phenoxy) is 3. The maximum absolute atomic E-state index is 12.9. The monoisotopic (exact) mass is 1130 g/mol. The lowest BCUT2D eigenvalue weighted by atomic mass is 10.0. The molecule has 0 aliphatic carbocycles. The minimum Gasteiger partial charge on any atom is -0.462 e. The van der Waals surface area contributed by atoms with E-state index in [0.717, 1.165) is 77.0 Å². The smallest absolute Gasteiger partial charge is 0.306 e. The van der Waals surface area contributed by atoms with Gasteiger partial charge < -0.3 is 14.2 Å². The highest BCUT2D eigenvalue weighted by Gasteiger charge is 2.19. The molecular weight excluding hydrogens is 985 g/mol. The zero-order valence-corrected chi connectivity index (χ0v) is 54.4. The van der Waals surface area contributed by atoms with Gasteiger partial charge in [0.25, 0.3) is 0 Å². The van der Waals surface area contributed by atoms with Crippen molar-refractivity contribution in [2.75, 3.05) is 13.2 Å². The highest BCUT2D eigenvalue weighted by molar-refractivity contribution is 5.71.